The molecule has 0 heterocycles. The lowest BCUT2D eigenvalue weighted by Crippen LogP contribution is -2.12. The van der Waals surface area contributed by atoms with E-state index in [1.807, 2.05) is 6.07 Å². The average Bonchev–Trinajstić information content (AvgIpc) is 3.17. The van der Waals surface area contributed by atoms with Crippen LogP contribution in [0.3, 0.4) is 0 Å². The van der Waals surface area contributed by atoms with Gasteiger partial charge in [-0.05, 0) is 123 Å². The summed E-state index contributed by atoms with van der Waals surface area (Å²) >= 11 is 13.4. The first kappa shape index (κ1) is 21.9. The lowest BCUT2D eigenvalue weighted by atomic mass is 9.99. The molecule has 0 saturated heterocycles. The van der Waals surface area contributed by atoms with Crippen LogP contribution in [0, 0.1) is 6.92 Å². The smallest absolute Gasteiger partial charge is 0.0832 e. The van der Waals surface area contributed by atoms with Crippen molar-refractivity contribution in [3.8, 4) is 0 Å². The van der Waals surface area contributed by atoms with Crippen molar-refractivity contribution in [1.29, 1.82) is 0 Å². The summed E-state index contributed by atoms with van der Waals surface area (Å²) in [5, 5.41) is 1.22. The number of rotatable bonds is 3. The van der Waals surface area contributed by atoms with Crippen LogP contribution < -0.4 is 4.90 Å². The normalized spacial score (nSPS) is 16.0. The summed E-state index contributed by atoms with van der Waals surface area (Å²) in [6, 6.07) is 18.1. The van der Waals surface area contributed by atoms with E-state index in [2.05, 4.69) is 54.3 Å². The maximum atomic E-state index is 6.83. The predicted molar refractivity (Wildman–Crippen MR) is 138 cm³/mol. The summed E-state index contributed by atoms with van der Waals surface area (Å²) in [5.74, 6) is 0. The van der Waals surface area contributed by atoms with E-state index in [0.29, 0.717) is 10.0 Å². The van der Waals surface area contributed by atoms with Gasteiger partial charge in [-0.3, -0.25) is 0 Å². The highest BCUT2D eigenvalue weighted by atomic mass is 35.5. The Morgan fingerprint density at radius 3 is 1.62 bits per heavy atom. The highest BCUT2D eigenvalue weighted by molar-refractivity contribution is 6.44. The minimum Gasteiger partial charge on any atom is -0.309 e. The van der Waals surface area contributed by atoms with Gasteiger partial charge in [0.15, 0.2) is 0 Å². The molecule has 3 aromatic carbocycles. The lowest BCUT2D eigenvalue weighted by Gasteiger charge is -2.29. The Labute approximate surface area is 202 Å². The molecule has 3 heteroatoms. The second kappa shape index (κ2) is 9.49. The average molecular weight is 464 g/mol. The number of hydrogen-bond acceptors (Lipinski definition) is 1. The van der Waals surface area contributed by atoms with Crippen LogP contribution in [0.2, 0.25) is 10.0 Å². The van der Waals surface area contributed by atoms with Gasteiger partial charge in [-0.15, -0.1) is 0 Å². The van der Waals surface area contributed by atoms with Gasteiger partial charge in [0.2, 0.25) is 0 Å². The fraction of sp³-hybridized carbons (Fsp3) is 0.379. The van der Waals surface area contributed by atoms with Crippen molar-refractivity contribution < 1.29 is 0 Å². The highest BCUT2D eigenvalue weighted by Crippen LogP contribution is 2.43. The Hall–Kier alpha value is -1.96. The Morgan fingerprint density at radius 2 is 1.09 bits per heavy atom. The molecule has 0 amide bonds. The maximum Gasteiger partial charge on any atom is 0.0832 e. The van der Waals surface area contributed by atoms with Crippen molar-refractivity contribution in [2.75, 3.05) is 4.90 Å². The van der Waals surface area contributed by atoms with Gasteiger partial charge in [-0.25, -0.2) is 0 Å². The number of benzene rings is 3. The highest BCUT2D eigenvalue weighted by Gasteiger charge is 2.21. The third kappa shape index (κ3) is 4.43. The standard InChI is InChI=1S/C29H31Cl2N/c1-20-16-27(30)29(31)28(17-20)32(25-14-12-21-8-4-2-6-10-23(21)18-25)26-15-13-22-9-5-3-7-11-24(22)19-26/h12-19H,2-11H2,1H3. The molecule has 5 rings (SSSR count). The zero-order valence-electron chi connectivity index (χ0n) is 18.9. The van der Waals surface area contributed by atoms with Crippen LogP contribution in [0.4, 0.5) is 17.1 Å². The zero-order chi connectivity index (χ0) is 22.1. The van der Waals surface area contributed by atoms with Crippen molar-refractivity contribution in [2.45, 2.75) is 71.1 Å². The minimum atomic E-state index is 0.608. The Kier molecular flexibility index (Phi) is 6.49. The van der Waals surface area contributed by atoms with E-state index in [1.165, 1.54) is 85.0 Å². The molecule has 0 aliphatic heterocycles. The number of hydrogen-bond donors (Lipinski definition) is 0. The molecule has 0 radical (unpaired) electrons. The van der Waals surface area contributed by atoms with Crippen LogP contribution in [-0.2, 0) is 25.7 Å². The SMILES string of the molecule is Cc1cc(Cl)c(Cl)c(N(c2ccc3c(c2)CCCCC3)c2ccc3c(c2)CCCCC3)c1. The van der Waals surface area contributed by atoms with Crippen LogP contribution >= 0.6 is 23.2 Å². The van der Waals surface area contributed by atoms with Gasteiger partial charge >= 0.3 is 0 Å². The Morgan fingerprint density at radius 1 is 0.594 bits per heavy atom. The van der Waals surface area contributed by atoms with Crippen LogP contribution in [0.25, 0.3) is 0 Å². The van der Waals surface area contributed by atoms with Gasteiger partial charge < -0.3 is 4.90 Å². The molecule has 166 valence electrons. The molecule has 0 N–H and O–H groups in total. The topological polar surface area (TPSA) is 3.24 Å². The Balaban J connectivity index is 1.67. The van der Waals surface area contributed by atoms with Gasteiger partial charge in [0.25, 0.3) is 0 Å². The van der Waals surface area contributed by atoms with Crippen LogP contribution in [0.15, 0.2) is 48.5 Å². The maximum absolute atomic E-state index is 6.83. The van der Waals surface area contributed by atoms with E-state index in [0.717, 1.165) is 24.1 Å². The summed E-state index contributed by atoms with van der Waals surface area (Å²) < 4.78 is 0. The molecule has 32 heavy (non-hydrogen) atoms. The van der Waals surface area contributed by atoms with E-state index < -0.39 is 0 Å². The molecule has 2 aliphatic rings. The van der Waals surface area contributed by atoms with E-state index in [9.17, 15) is 0 Å². The minimum absolute atomic E-state index is 0.608. The molecule has 0 saturated carbocycles. The van der Waals surface area contributed by atoms with Crippen molar-refractivity contribution >= 4 is 40.3 Å². The monoisotopic (exact) mass is 463 g/mol. The van der Waals surface area contributed by atoms with Crippen LogP contribution in [0.1, 0.15) is 66.3 Å². The molecular formula is C29H31Cl2N. The molecule has 1 nitrogen and oxygen atoms in total. The second-order valence-electron chi connectivity index (χ2n) is 9.44. The van der Waals surface area contributed by atoms with Crippen molar-refractivity contribution in [3.63, 3.8) is 0 Å². The fourth-order valence-corrected chi connectivity index (χ4v) is 5.83. The molecule has 0 aromatic heterocycles. The van der Waals surface area contributed by atoms with E-state index in [4.69, 9.17) is 23.2 Å². The molecule has 0 spiro atoms. The number of nitrogens with zero attached hydrogens (tertiary/aromatic N) is 1. The summed E-state index contributed by atoms with van der Waals surface area (Å²) in [4.78, 5) is 2.32. The first-order valence-electron chi connectivity index (χ1n) is 12.1. The van der Waals surface area contributed by atoms with Gasteiger partial charge in [0.05, 0.1) is 15.7 Å². The zero-order valence-corrected chi connectivity index (χ0v) is 20.4. The first-order valence-corrected chi connectivity index (χ1v) is 12.8. The van der Waals surface area contributed by atoms with Crippen molar-refractivity contribution in [3.05, 3.63) is 86.4 Å². The third-order valence-electron chi connectivity index (χ3n) is 7.07. The number of halogens is 2. The second-order valence-corrected chi connectivity index (χ2v) is 10.2. The lowest BCUT2D eigenvalue weighted by molar-refractivity contribution is 0.711. The quantitative estimate of drug-likeness (QED) is 0.349. The molecule has 2 aliphatic carbocycles. The number of fused-ring (bicyclic) bond motifs is 2. The first-order chi connectivity index (χ1) is 15.6. The van der Waals surface area contributed by atoms with Crippen LogP contribution in [0.5, 0.6) is 0 Å². The number of aryl methyl sites for hydroxylation is 5. The van der Waals surface area contributed by atoms with Crippen molar-refractivity contribution in [1.82, 2.24) is 0 Å². The van der Waals surface area contributed by atoms with E-state index in [1.54, 1.807) is 0 Å². The number of anilines is 3. The van der Waals surface area contributed by atoms with Gasteiger partial charge in [0.1, 0.15) is 0 Å². The summed E-state index contributed by atoms with van der Waals surface area (Å²) in [6.07, 6.45) is 12.4. The molecule has 0 unspecified atom stereocenters. The largest absolute Gasteiger partial charge is 0.309 e. The Bertz CT molecular complexity index is 1070. The van der Waals surface area contributed by atoms with Gasteiger partial charge in [-0.1, -0.05) is 48.2 Å². The molecular weight excluding hydrogens is 433 g/mol. The molecule has 0 atom stereocenters. The van der Waals surface area contributed by atoms with Gasteiger partial charge in [-0.2, -0.15) is 0 Å². The predicted octanol–water partition coefficient (Wildman–Crippen LogP) is 9.31. The van der Waals surface area contributed by atoms with E-state index in [-0.39, 0.29) is 0 Å². The molecule has 3 aromatic rings. The van der Waals surface area contributed by atoms with Crippen molar-refractivity contribution in [2.24, 2.45) is 0 Å². The van der Waals surface area contributed by atoms with Gasteiger partial charge in [0, 0.05) is 11.4 Å². The molecule has 0 bridgehead atoms. The van der Waals surface area contributed by atoms with E-state index >= 15 is 0 Å². The summed E-state index contributed by atoms with van der Waals surface area (Å²) in [7, 11) is 0. The third-order valence-corrected chi connectivity index (χ3v) is 7.87. The van der Waals surface area contributed by atoms with Crippen LogP contribution in [-0.4, -0.2) is 0 Å². The summed E-state index contributed by atoms with van der Waals surface area (Å²) in [6.45, 7) is 2.08. The summed E-state index contributed by atoms with van der Waals surface area (Å²) in [5.41, 5.74) is 10.4. The fourth-order valence-electron chi connectivity index (χ4n) is 5.37. The molecule has 0 fully saturated rings.